The molecule has 0 aliphatic rings. The van der Waals surface area contributed by atoms with Crippen molar-refractivity contribution in [2.45, 2.75) is 13.8 Å². The fourth-order valence-electron chi connectivity index (χ4n) is 2.65. The Labute approximate surface area is 142 Å². The number of carbonyl (C=O) groups is 1. The van der Waals surface area contributed by atoms with Crippen molar-refractivity contribution in [3.8, 4) is 0 Å². The molecule has 2 aromatic rings. The van der Waals surface area contributed by atoms with Gasteiger partial charge in [-0.15, -0.1) is 0 Å². The maximum atomic E-state index is 12.3. The molecule has 0 aromatic heterocycles. The van der Waals surface area contributed by atoms with E-state index in [9.17, 15) is 15.0 Å². The van der Waals surface area contributed by atoms with E-state index >= 15 is 0 Å². The van der Waals surface area contributed by atoms with Crippen molar-refractivity contribution < 1.29 is 15.0 Å². The van der Waals surface area contributed by atoms with Gasteiger partial charge >= 0.3 is 0 Å². The van der Waals surface area contributed by atoms with Crippen LogP contribution in [0.25, 0.3) is 0 Å². The van der Waals surface area contributed by atoms with E-state index in [1.807, 2.05) is 49.1 Å². The number of hydrogen-bond donors (Lipinski definition) is 3. The van der Waals surface area contributed by atoms with Gasteiger partial charge in [-0.25, -0.2) is 0 Å². The third kappa shape index (κ3) is 4.34. The second-order valence-electron chi connectivity index (χ2n) is 5.71. The van der Waals surface area contributed by atoms with E-state index in [4.69, 9.17) is 0 Å². The molecular formula is C19H24N2O3. The number of nitrogens with zero attached hydrogens (tertiary/aromatic N) is 1. The first-order chi connectivity index (χ1) is 11.6. The zero-order chi connectivity index (χ0) is 17.5. The molecule has 5 nitrogen and oxygen atoms in total. The number of anilines is 2. The molecule has 0 radical (unpaired) electrons. The van der Waals surface area contributed by atoms with E-state index in [0.717, 1.165) is 22.5 Å². The summed E-state index contributed by atoms with van der Waals surface area (Å²) in [6, 6.07) is 13.0. The quantitative estimate of drug-likeness (QED) is 0.729. The average Bonchev–Trinajstić information content (AvgIpc) is 2.58. The van der Waals surface area contributed by atoms with E-state index in [1.54, 1.807) is 12.1 Å². The Hall–Kier alpha value is -2.37. The molecule has 2 aromatic carbocycles. The van der Waals surface area contributed by atoms with Crippen LogP contribution in [0, 0.1) is 13.8 Å². The summed E-state index contributed by atoms with van der Waals surface area (Å²) in [4.78, 5) is 14.2. The molecule has 0 heterocycles. The highest BCUT2D eigenvalue weighted by Gasteiger charge is 2.13. The van der Waals surface area contributed by atoms with Gasteiger partial charge < -0.3 is 20.4 Å². The van der Waals surface area contributed by atoms with E-state index in [2.05, 4.69) is 5.32 Å². The van der Waals surface area contributed by atoms with Crippen molar-refractivity contribution in [2.75, 3.05) is 36.5 Å². The minimum absolute atomic E-state index is 0.0188. The van der Waals surface area contributed by atoms with Gasteiger partial charge in [-0.2, -0.15) is 0 Å². The predicted molar refractivity (Wildman–Crippen MR) is 96.7 cm³/mol. The second kappa shape index (κ2) is 8.47. The lowest BCUT2D eigenvalue weighted by Crippen LogP contribution is -2.30. The molecule has 0 unspecified atom stereocenters. The van der Waals surface area contributed by atoms with Crippen LogP contribution >= 0.6 is 0 Å². The summed E-state index contributed by atoms with van der Waals surface area (Å²) in [6.07, 6.45) is 0. The molecule has 0 aliphatic carbocycles. The predicted octanol–water partition coefficient (Wildman–Crippen LogP) is 2.35. The first kappa shape index (κ1) is 18.0. The molecule has 3 N–H and O–H groups in total. The summed E-state index contributed by atoms with van der Waals surface area (Å²) < 4.78 is 0. The highest BCUT2D eigenvalue weighted by molar-refractivity contribution is 6.04. The van der Waals surface area contributed by atoms with Gasteiger partial charge in [0, 0.05) is 30.0 Å². The summed E-state index contributed by atoms with van der Waals surface area (Å²) in [5.74, 6) is -0.145. The molecule has 5 heteroatoms. The summed E-state index contributed by atoms with van der Waals surface area (Å²) in [7, 11) is 0. The van der Waals surface area contributed by atoms with Crippen molar-refractivity contribution in [3.63, 3.8) is 0 Å². The zero-order valence-corrected chi connectivity index (χ0v) is 14.1. The molecule has 2 rings (SSSR count). The largest absolute Gasteiger partial charge is 0.395 e. The minimum atomic E-state index is -0.145. The number of amides is 1. The van der Waals surface area contributed by atoms with Crippen molar-refractivity contribution in [1.29, 1.82) is 0 Å². The maximum Gasteiger partial charge on any atom is 0.255 e. The lowest BCUT2D eigenvalue weighted by Gasteiger charge is -2.26. The van der Waals surface area contributed by atoms with E-state index in [-0.39, 0.29) is 19.1 Å². The third-order valence-corrected chi connectivity index (χ3v) is 3.91. The Bertz CT molecular complexity index is 681. The number of aliphatic hydroxyl groups is 2. The molecule has 0 aliphatic heterocycles. The summed E-state index contributed by atoms with van der Waals surface area (Å²) in [5, 5.41) is 21.3. The molecule has 24 heavy (non-hydrogen) atoms. The van der Waals surface area contributed by atoms with Crippen molar-refractivity contribution in [2.24, 2.45) is 0 Å². The Morgan fingerprint density at radius 3 is 2.21 bits per heavy atom. The first-order valence-corrected chi connectivity index (χ1v) is 8.01. The van der Waals surface area contributed by atoms with E-state index in [0.29, 0.717) is 18.7 Å². The Morgan fingerprint density at radius 1 is 1.00 bits per heavy atom. The van der Waals surface area contributed by atoms with Gasteiger partial charge in [0.05, 0.1) is 13.2 Å². The van der Waals surface area contributed by atoms with Crippen LogP contribution in [0.5, 0.6) is 0 Å². The number of nitrogens with one attached hydrogen (secondary N) is 1. The van der Waals surface area contributed by atoms with Gasteiger partial charge in [-0.1, -0.05) is 18.2 Å². The fourth-order valence-corrected chi connectivity index (χ4v) is 2.65. The van der Waals surface area contributed by atoms with Crippen LogP contribution in [-0.4, -0.2) is 42.4 Å². The number of aliphatic hydroxyl groups excluding tert-OH is 2. The molecular weight excluding hydrogens is 304 g/mol. The SMILES string of the molecule is Cc1cc(N(CCO)CCO)c(C)cc1NC(=O)c1ccccc1. The van der Waals surface area contributed by atoms with Gasteiger partial charge in [-0.3, -0.25) is 4.79 Å². The number of carbonyl (C=O) groups excluding carboxylic acids is 1. The maximum absolute atomic E-state index is 12.3. The normalized spacial score (nSPS) is 10.5. The van der Waals surface area contributed by atoms with E-state index < -0.39 is 0 Å². The van der Waals surface area contributed by atoms with Crippen molar-refractivity contribution in [1.82, 2.24) is 0 Å². The number of hydrogen-bond acceptors (Lipinski definition) is 4. The topological polar surface area (TPSA) is 72.8 Å². The molecule has 0 saturated heterocycles. The van der Waals surface area contributed by atoms with Crippen LogP contribution in [0.3, 0.4) is 0 Å². The third-order valence-electron chi connectivity index (χ3n) is 3.91. The second-order valence-corrected chi connectivity index (χ2v) is 5.71. The summed E-state index contributed by atoms with van der Waals surface area (Å²) in [5.41, 5.74) is 4.23. The minimum Gasteiger partial charge on any atom is -0.395 e. The number of benzene rings is 2. The van der Waals surface area contributed by atoms with Crippen molar-refractivity contribution in [3.05, 3.63) is 59.2 Å². The zero-order valence-electron chi connectivity index (χ0n) is 14.1. The molecule has 0 fully saturated rings. The average molecular weight is 328 g/mol. The van der Waals surface area contributed by atoms with Crippen molar-refractivity contribution >= 4 is 17.3 Å². The Morgan fingerprint density at radius 2 is 1.62 bits per heavy atom. The summed E-state index contributed by atoms with van der Waals surface area (Å²) >= 11 is 0. The Kier molecular flexibility index (Phi) is 6.35. The van der Waals surface area contributed by atoms with Gasteiger partial charge in [0.2, 0.25) is 0 Å². The molecule has 1 amide bonds. The van der Waals surface area contributed by atoms with Gasteiger partial charge in [0.1, 0.15) is 0 Å². The van der Waals surface area contributed by atoms with Crippen LogP contribution in [0.4, 0.5) is 11.4 Å². The smallest absolute Gasteiger partial charge is 0.255 e. The molecule has 0 atom stereocenters. The van der Waals surface area contributed by atoms with Crippen LogP contribution in [0.2, 0.25) is 0 Å². The number of aryl methyl sites for hydroxylation is 2. The van der Waals surface area contributed by atoms with Gasteiger partial charge in [0.15, 0.2) is 0 Å². The molecule has 128 valence electrons. The highest BCUT2D eigenvalue weighted by atomic mass is 16.3. The van der Waals surface area contributed by atoms with Crippen LogP contribution < -0.4 is 10.2 Å². The number of rotatable bonds is 7. The first-order valence-electron chi connectivity index (χ1n) is 8.01. The van der Waals surface area contributed by atoms with Gasteiger partial charge in [0.25, 0.3) is 5.91 Å². The standard InChI is InChI=1S/C19H24N2O3/c1-14-13-18(21(8-10-22)9-11-23)15(2)12-17(14)20-19(24)16-6-4-3-5-7-16/h3-7,12-13,22-23H,8-11H2,1-2H3,(H,20,24). The molecule has 0 spiro atoms. The molecule has 0 saturated carbocycles. The highest BCUT2D eigenvalue weighted by Crippen LogP contribution is 2.27. The van der Waals surface area contributed by atoms with Crippen LogP contribution in [0.15, 0.2) is 42.5 Å². The van der Waals surface area contributed by atoms with Gasteiger partial charge in [-0.05, 0) is 49.2 Å². The van der Waals surface area contributed by atoms with Crippen LogP contribution in [0.1, 0.15) is 21.5 Å². The Balaban J connectivity index is 2.24. The monoisotopic (exact) mass is 328 g/mol. The summed E-state index contributed by atoms with van der Waals surface area (Å²) in [6.45, 7) is 4.83. The fraction of sp³-hybridized carbons (Fsp3) is 0.316. The van der Waals surface area contributed by atoms with Crippen LogP contribution in [-0.2, 0) is 0 Å². The lowest BCUT2D eigenvalue weighted by molar-refractivity contribution is 0.102. The lowest BCUT2D eigenvalue weighted by atomic mass is 10.1. The van der Waals surface area contributed by atoms with E-state index in [1.165, 1.54) is 0 Å². The molecule has 0 bridgehead atoms.